The van der Waals surface area contributed by atoms with Crippen LogP contribution < -0.4 is 5.73 Å². The third-order valence-electron chi connectivity index (χ3n) is 2.81. The molecule has 0 saturated carbocycles. The number of carboxylic acids is 1. The van der Waals surface area contributed by atoms with Gasteiger partial charge in [-0.05, 0) is 41.0 Å². The van der Waals surface area contributed by atoms with Crippen LogP contribution in [0, 0.1) is 0 Å². The van der Waals surface area contributed by atoms with Gasteiger partial charge in [0.15, 0.2) is 0 Å². The molecule has 3 nitrogen and oxygen atoms in total. The first-order chi connectivity index (χ1) is 9.88. The van der Waals surface area contributed by atoms with Crippen molar-refractivity contribution in [3.8, 4) is 0 Å². The monoisotopic (exact) mass is 385 g/mol. The van der Waals surface area contributed by atoms with Gasteiger partial charge in [-0.2, -0.15) is 0 Å². The lowest BCUT2D eigenvalue weighted by molar-refractivity contribution is -0.131. The molecule has 0 radical (unpaired) electrons. The summed E-state index contributed by atoms with van der Waals surface area (Å²) >= 11 is 15.4. The summed E-state index contributed by atoms with van der Waals surface area (Å²) in [6, 6.07) is 10.4. The molecular weight excluding hydrogens is 377 g/mol. The van der Waals surface area contributed by atoms with Crippen LogP contribution >= 0.6 is 39.1 Å². The highest BCUT2D eigenvalue weighted by Gasteiger charge is 2.12. The number of hydrogen-bond donors (Lipinski definition) is 2. The number of hydrogen-bond acceptors (Lipinski definition) is 2. The normalized spacial score (nSPS) is 11.5. The molecule has 0 saturated heterocycles. The summed E-state index contributed by atoms with van der Waals surface area (Å²) in [7, 11) is 0. The largest absolute Gasteiger partial charge is 0.478 e. The Balaban J connectivity index is 2.62. The van der Waals surface area contributed by atoms with Gasteiger partial charge in [0.2, 0.25) is 0 Å². The third kappa shape index (κ3) is 3.79. The van der Waals surface area contributed by atoms with Gasteiger partial charge in [0, 0.05) is 10.5 Å². The molecule has 0 aliphatic carbocycles. The fourth-order valence-corrected chi connectivity index (χ4v) is 2.58. The summed E-state index contributed by atoms with van der Waals surface area (Å²) in [6.45, 7) is 0. The minimum Gasteiger partial charge on any atom is -0.478 e. The molecular formula is C15H10BrCl2NO2. The molecule has 2 aromatic rings. The van der Waals surface area contributed by atoms with Gasteiger partial charge in [-0.25, -0.2) is 4.79 Å². The average Bonchev–Trinajstić information content (AvgIpc) is 2.42. The van der Waals surface area contributed by atoms with E-state index in [9.17, 15) is 4.79 Å². The molecule has 0 aromatic heterocycles. The number of rotatable bonds is 3. The summed E-state index contributed by atoms with van der Waals surface area (Å²) in [5.41, 5.74) is 7.80. The summed E-state index contributed by atoms with van der Waals surface area (Å²) < 4.78 is 0.897. The van der Waals surface area contributed by atoms with Gasteiger partial charge in [0.1, 0.15) is 0 Å². The molecule has 0 aliphatic rings. The third-order valence-corrected chi connectivity index (χ3v) is 3.97. The lowest BCUT2D eigenvalue weighted by Crippen LogP contribution is -1.97. The number of anilines is 1. The Kier molecular flexibility index (Phi) is 4.93. The number of carboxylic acid groups (broad SMARTS) is 1. The average molecular weight is 387 g/mol. The first-order valence-electron chi connectivity index (χ1n) is 5.84. The van der Waals surface area contributed by atoms with Crippen LogP contribution in [0.1, 0.15) is 11.1 Å². The second kappa shape index (κ2) is 6.52. The molecule has 6 heteroatoms. The van der Waals surface area contributed by atoms with Crippen molar-refractivity contribution in [2.45, 2.75) is 0 Å². The Hall–Kier alpha value is -1.49. The van der Waals surface area contributed by atoms with E-state index in [-0.39, 0.29) is 15.7 Å². The van der Waals surface area contributed by atoms with Gasteiger partial charge in [-0.15, -0.1) is 0 Å². The van der Waals surface area contributed by atoms with Crippen molar-refractivity contribution in [1.82, 2.24) is 0 Å². The first kappa shape index (κ1) is 15.9. The van der Waals surface area contributed by atoms with Crippen molar-refractivity contribution in [1.29, 1.82) is 0 Å². The number of aliphatic carboxylic acids is 1. The van der Waals surface area contributed by atoms with Gasteiger partial charge in [0.05, 0.1) is 15.7 Å². The molecule has 0 spiro atoms. The van der Waals surface area contributed by atoms with Gasteiger partial charge in [-0.1, -0.05) is 51.3 Å². The zero-order valence-electron chi connectivity index (χ0n) is 10.6. The highest BCUT2D eigenvalue weighted by atomic mass is 79.9. The van der Waals surface area contributed by atoms with E-state index in [0.717, 1.165) is 16.1 Å². The van der Waals surface area contributed by atoms with Crippen molar-refractivity contribution in [3.63, 3.8) is 0 Å². The van der Waals surface area contributed by atoms with Gasteiger partial charge >= 0.3 is 5.97 Å². The van der Waals surface area contributed by atoms with Crippen molar-refractivity contribution in [2.75, 3.05) is 5.73 Å². The minimum absolute atomic E-state index is 0.271. The predicted octanol–water partition coefficient (Wildman–Crippen LogP) is 4.85. The Morgan fingerprint density at radius 3 is 2.10 bits per heavy atom. The van der Waals surface area contributed by atoms with E-state index in [2.05, 4.69) is 15.9 Å². The van der Waals surface area contributed by atoms with Crippen molar-refractivity contribution >= 4 is 56.4 Å². The standard InChI is InChI=1S/C15H10BrCl2NO2/c16-10-3-1-8(2-4-10)11(7-14(20)21)9-5-12(17)15(19)13(18)6-9/h1-7H,19H2,(H,20,21). The highest BCUT2D eigenvalue weighted by molar-refractivity contribution is 9.10. The molecule has 2 rings (SSSR count). The Labute approximate surface area is 140 Å². The van der Waals surface area contributed by atoms with Crippen molar-refractivity contribution < 1.29 is 9.90 Å². The summed E-state index contributed by atoms with van der Waals surface area (Å²) in [5.74, 6) is -1.06. The van der Waals surface area contributed by atoms with Gasteiger partial charge < -0.3 is 10.8 Å². The van der Waals surface area contributed by atoms with E-state index in [1.165, 1.54) is 0 Å². The Bertz CT molecular complexity index is 704. The smallest absolute Gasteiger partial charge is 0.328 e. The first-order valence-corrected chi connectivity index (χ1v) is 7.39. The number of nitrogens with two attached hydrogens (primary N) is 1. The lowest BCUT2D eigenvalue weighted by atomic mass is 9.97. The van der Waals surface area contributed by atoms with Crippen LogP contribution in [0.4, 0.5) is 5.69 Å². The summed E-state index contributed by atoms with van der Waals surface area (Å²) in [4.78, 5) is 11.1. The lowest BCUT2D eigenvalue weighted by Gasteiger charge is -2.11. The van der Waals surface area contributed by atoms with E-state index >= 15 is 0 Å². The van der Waals surface area contributed by atoms with Gasteiger partial charge in [0.25, 0.3) is 0 Å². The van der Waals surface area contributed by atoms with E-state index < -0.39 is 5.97 Å². The fourth-order valence-electron chi connectivity index (χ4n) is 1.83. The minimum atomic E-state index is -1.06. The van der Waals surface area contributed by atoms with Crippen molar-refractivity contribution in [3.05, 3.63) is 68.1 Å². The fraction of sp³-hybridized carbons (Fsp3) is 0. The van der Waals surface area contributed by atoms with Crippen LogP contribution in [0.5, 0.6) is 0 Å². The van der Waals surface area contributed by atoms with Crippen LogP contribution in [0.15, 0.2) is 46.9 Å². The number of benzene rings is 2. The van der Waals surface area contributed by atoms with Crippen LogP contribution in [0.2, 0.25) is 10.0 Å². The molecule has 0 bridgehead atoms. The molecule has 0 heterocycles. The topological polar surface area (TPSA) is 63.3 Å². The number of carbonyl (C=O) groups is 1. The van der Waals surface area contributed by atoms with E-state index in [0.29, 0.717) is 11.1 Å². The number of nitrogen functional groups attached to an aromatic ring is 1. The van der Waals surface area contributed by atoms with Crippen molar-refractivity contribution in [2.24, 2.45) is 0 Å². The van der Waals surface area contributed by atoms with Crippen LogP contribution in [-0.2, 0) is 4.79 Å². The molecule has 0 fully saturated rings. The molecule has 0 atom stereocenters. The molecule has 2 aromatic carbocycles. The zero-order valence-corrected chi connectivity index (χ0v) is 13.7. The van der Waals surface area contributed by atoms with E-state index in [1.54, 1.807) is 24.3 Å². The zero-order chi connectivity index (χ0) is 15.6. The molecule has 0 unspecified atom stereocenters. The molecule has 0 aliphatic heterocycles. The second-order valence-corrected chi connectivity index (χ2v) is 5.99. The molecule has 3 N–H and O–H groups in total. The van der Waals surface area contributed by atoms with E-state index in [1.807, 2.05) is 12.1 Å². The maximum absolute atomic E-state index is 11.1. The van der Waals surface area contributed by atoms with Gasteiger partial charge in [-0.3, -0.25) is 0 Å². The maximum atomic E-state index is 11.1. The SMILES string of the molecule is Nc1c(Cl)cc(C(=CC(=O)O)c2ccc(Br)cc2)cc1Cl. The maximum Gasteiger partial charge on any atom is 0.328 e. The van der Waals surface area contributed by atoms with Crippen LogP contribution in [0.25, 0.3) is 5.57 Å². The molecule has 21 heavy (non-hydrogen) atoms. The van der Waals surface area contributed by atoms with E-state index in [4.69, 9.17) is 34.0 Å². The summed E-state index contributed by atoms with van der Waals surface area (Å²) in [5, 5.41) is 9.64. The molecule has 0 amide bonds. The second-order valence-electron chi connectivity index (χ2n) is 4.26. The Morgan fingerprint density at radius 1 is 1.10 bits per heavy atom. The number of halogens is 3. The molecule has 108 valence electrons. The quantitative estimate of drug-likeness (QED) is 0.585. The summed E-state index contributed by atoms with van der Waals surface area (Å²) in [6.07, 6.45) is 1.11. The van der Waals surface area contributed by atoms with Crippen LogP contribution in [-0.4, -0.2) is 11.1 Å². The van der Waals surface area contributed by atoms with Crippen LogP contribution in [0.3, 0.4) is 0 Å². The Morgan fingerprint density at radius 2 is 1.62 bits per heavy atom. The predicted molar refractivity (Wildman–Crippen MR) is 89.7 cm³/mol. The highest BCUT2D eigenvalue weighted by Crippen LogP contribution is 2.34.